The maximum atomic E-state index is 12.4. The number of halogens is 1. The molecule has 0 unspecified atom stereocenters. The first kappa shape index (κ1) is 16.8. The summed E-state index contributed by atoms with van der Waals surface area (Å²) in [6.07, 6.45) is 1.21. The van der Waals surface area contributed by atoms with Gasteiger partial charge < -0.3 is 9.80 Å². The standard InChI is InChI=1S/C12H15ClN4O4/c1-4-16(7-9(18)15(2)3)12(19)8-5-6-14-11(13)10(8)17(20)21/h5-6H,4,7H2,1-3H3. The molecular formula is C12H15ClN4O4. The quantitative estimate of drug-likeness (QED) is 0.462. The van der Waals surface area contributed by atoms with Crippen LogP contribution in [-0.4, -0.2) is 58.7 Å². The van der Waals surface area contributed by atoms with E-state index in [0.717, 1.165) is 0 Å². The fourth-order valence-electron chi connectivity index (χ4n) is 1.58. The molecule has 0 atom stereocenters. The molecule has 1 aromatic heterocycles. The Morgan fingerprint density at radius 1 is 1.43 bits per heavy atom. The zero-order valence-electron chi connectivity index (χ0n) is 11.9. The summed E-state index contributed by atoms with van der Waals surface area (Å²) in [7, 11) is 3.12. The Balaban J connectivity index is 3.14. The molecule has 0 aliphatic rings. The monoisotopic (exact) mass is 314 g/mol. The minimum atomic E-state index is -0.760. The lowest BCUT2D eigenvalue weighted by atomic mass is 10.2. The molecule has 0 aliphatic carbocycles. The van der Waals surface area contributed by atoms with E-state index in [1.165, 1.54) is 22.1 Å². The summed E-state index contributed by atoms with van der Waals surface area (Å²) in [4.78, 5) is 40.5. The maximum absolute atomic E-state index is 12.4. The zero-order chi connectivity index (χ0) is 16.2. The number of nitrogens with zero attached hydrogens (tertiary/aromatic N) is 4. The van der Waals surface area contributed by atoms with Crippen molar-refractivity contribution < 1.29 is 14.5 Å². The van der Waals surface area contributed by atoms with Crippen LogP contribution in [0, 0.1) is 10.1 Å². The number of amides is 2. The van der Waals surface area contributed by atoms with E-state index in [1.807, 2.05) is 0 Å². The molecule has 0 spiro atoms. The Labute approximate surface area is 126 Å². The third kappa shape index (κ3) is 3.88. The molecule has 0 aromatic carbocycles. The molecule has 0 aliphatic heterocycles. The highest BCUT2D eigenvalue weighted by Crippen LogP contribution is 2.27. The molecule has 1 aromatic rings. The summed E-state index contributed by atoms with van der Waals surface area (Å²) in [5.74, 6) is -0.920. The molecule has 0 fully saturated rings. The summed E-state index contributed by atoms with van der Waals surface area (Å²) in [6, 6.07) is 1.22. The van der Waals surface area contributed by atoms with Gasteiger partial charge in [0, 0.05) is 26.8 Å². The molecule has 2 amide bonds. The van der Waals surface area contributed by atoms with Crippen molar-refractivity contribution in [2.24, 2.45) is 0 Å². The number of carbonyl (C=O) groups is 2. The molecule has 1 heterocycles. The number of pyridine rings is 1. The predicted molar refractivity (Wildman–Crippen MR) is 76.2 cm³/mol. The highest BCUT2D eigenvalue weighted by molar-refractivity contribution is 6.32. The average Bonchev–Trinajstić information content (AvgIpc) is 2.42. The van der Waals surface area contributed by atoms with Gasteiger partial charge >= 0.3 is 5.69 Å². The van der Waals surface area contributed by atoms with Crippen LogP contribution in [-0.2, 0) is 4.79 Å². The van der Waals surface area contributed by atoms with E-state index >= 15 is 0 Å². The van der Waals surface area contributed by atoms with Crippen LogP contribution in [0.1, 0.15) is 17.3 Å². The molecule has 8 nitrogen and oxygen atoms in total. The van der Waals surface area contributed by atoms with E-state index in [4.69, 9.17) is 11.6 Å². The third-order valence-corrected chi connectivity index (χ3v) is 3.06. The third-order valence-electron chi connectivity index (χ3n) is 2.79. The minimum Gasteiger partial charge on any atom is -0.347 e. The lowest BCUT2D eigenvalue weighted by Crippen LogP contribution is -2.40. The number of nitro groups is 1. The van der Waals surface area contributed by atoms with Crippen molar-refractivity contribution in [3.8, 4) is 0 Å². The van der Waals surface area contributed by atoms with Crippen LogP contribution in [0.4, 0.5) is 5.69 Å². The highest BCUT2D eigenvalue weighted by atomic mass is 35.5. The lowest BCUT2D eigenvalue weighted by molar-refractivity contribution is -0.385. The summed E-state index contributed by atoms with van der Waals surface area (Å²) in [5, 5.41) is 10.7. The highest BCUT2D eigenvalue weighted by Gasteiger charge is 2.28. The Morgan fingerprint density at radius 3 is 2.52 bits per heavy atom. The van der Waals surface area contributed by atoms with E-state index < -0.39 is 16.5 Å². The smallest absolute Gasteiger partial charge is 0.319 e. The summed E-state index contributed by atoms with van der Waals surface area (Å²) < 4.78 is 0. The van der Waals surface area contributed by atoms with Gasteiger partial charge in [0.1, 0.15) is 5.56 Å². The second-order valence-corrected chi connectivity index (χ2v) is 4.72. The Morgan fingerprint density at radius 2 is 2.05 bits per heavy atom. The van der Waals surface area contributed by atoms with Crippen molar-refractivity contribution in [3.05, 3.63) is 33.1 Å². The van der Waals surface area contributed by atoms with Gasteiger partial charge in [-0.05, 0) is 13.0 Å². The first-order chi connectivity index (χ1) is 9.79. The normalized spacial score (nSPS) is 10.1. The van der Waals surface area contributed by atoms with Gasteiger partial charge in [-0.25, -0.2) is 4.98 Å². The Hall–Kier alpha value is -2.22. The lowest BCUT2D eigenvalue weighted by Gasteiger charge is -2.22. The number of likely N-dealkylation sites (N-methyl/N-ethyl adjacent to an activating group) is 2. The van der Waals surface area contributed by atoms with E-state index in [1.54, 1.807) is 21.0 Å². The second-order valence-electron chi connectivity index (χ2n) is 4.36. The van der Waals surface area contributed by atoms with Crippen molar-refractivity contribution in [2.45, 2.75) is 6.92 Å². The summed E-state index contributed by atoms with van der Waals surface area (Å²) in [5.41, 5.74) is -0.742. The van der Waals surface area contributed by atoms with Crippen molar-refractivity contribution in [1.29, 1.82) is 0 Å². The second kappa shape index (κ2) is 6.98. The molecule has 1 rings (SSSR count). The minimum absolute atomic E-state index is 0.167. The molecule has 21 heavy (non-hydrogen) atoms. The van der Waals surface area contributed by atoms with Crippen LogP contribution in [0.3, 0.4) is 0 Å². The number of hydrogen-bond donors (Lipinski definition) is 0. The van der Waals surface area contributed by atoms with E-state index in [2.05, 4.69) is 4.98 Å². The fourth-order valence-corrected chi connectivity index (χ4v) is 1.80. The molecule has 0 N–H and O–H groups in total. The van der Waals surface area contributed by atoms with Gasteiger partial charge in [0.05, 0.1) is 11.5 Å². The van der Waals surface area contributed by atoms with Gasteiger partial charge in [0.15, 0.2) is 0 Å². The van der Waals surface area contributed by atoms with E-state index in [9.17, 15) is 19.7 Å². The van der Waals surface area contributed by atoms with Crippen LogP contribution in [0.25, 0.3) is 0 Å². The van der Waals surface area contributed by atoms with Gasteiger partial charge in [-0.1, -0.05) is 11.6 Å². The number of carbonyl (C=O) groups excluding carboxylic acids is 2. The molecular weight excluding hydrogens is 300 g/mol. The molecule has 0 saturated carbocycles. The van der Waals surface area contributed by atoms with Crippen molar-refractivity contribution in [2.75, 3.05) is 27.2 Å². The average molecular weight is 315 g/mol. The maximum Gasteiger partial charge on any atom is 0.319 e. The number of hydrogen-bond acceptors (Lipinski definition) is 5. The van der Waals surface area contributed by atoms with Crippen molar-refractivity contribution in [3.63, 3.8) is 0 Å². The van der Waals surface area contributed by atoms with Gasteiger partial charge in [0.2, 0.25) is 11.1 Å². The molecule has 0 radical (unpaired) electrons. The number of rotatable bonds is 5. The van der Waals surface area contributed by atoms with Crippen molar-refractivity contribution in [1.82, 2.24) is 14.8 Å². The number of aromatic nitrogens is 1. The van der Waals surface area contributed by atoms with Crippen LogP contribution in [0.15, 0.2) is 12.3 Å². The first-order valence-electron chi connectivity index (χ1n) is 6.07. The Bertz CT molecular complexity index is 576. The van der Waals surface area contributed by atoms with Gasteiger partial charge in [-0.3, -0.25) is 19.7 Å². The summed E-state index contributed by atoms with van der Waals surface area (Å²) in [6.45, 7) is 1.74. The Kier molecular flexibility index (Phi) is 5.60. The van der Waals surface area contributed by atoms with Crippen LogP contribution in [0.2, 0.25) is 5.15 Å². The fraction of sp³-hybridized carbons (Fsp3) is 0.417. The predicted octanol–water partition coefficient (Wildman–Crippen LogP) is 1.19. The van der Waals surface area contributed by atoms with Crippen molar-refractivity contribution >= 4 is 29.1 Å². The SMILES string of the molecule is CCN(CC(=O)N(C)C)C(=O)c1ccnc(Cl)c1[N+](=O)[O-]. The largest absolute Gasteiger partial charge is 0.347 e. The van der Waals surface area contributed by atoms with Gasteiger partial charge in [-0.2, -0.15) is 0 Å². The van der Waals surface area contributed by atoms with Gasteiger partial charge in [-0.15, -0.1) is 0 Å². The van der Waals surface area contributed by atoms with Crippen LogP contribution < -0.4 is 0 Å². The molecule has 9 heteroatoms. The first-order valence-corrected chi connectivity index (χ1v) is 6.45. The van der Waals surface area contributed by atoms with Crippen LogP contribution in [0.5, 0.6) is 0 Å². The summed E-state index contributed by atoms with van der Waals surface area (Å²) >= 11 is 5.67. The van der Waals surface area contributed by atoms with Gasteiger partial charge in [0.25, 0.3) is 5.91 Å². The van der Waals surface area contributed by atoms with Crippen LogP contribution >= 0.6 is 11.6 Å². The zero-order valence-corrected chi connectivity index (χ0v) is 12.6. The molecule has 0 bridgehead atoms. The topological polar surface area (TPSA) is 96.7 Å². The van der Waals surface area contributed by atoms with E-state index in [0.29, 0.717) is 0 Å². The molecule has 114 valence electrons. The molecule has 0 saturated heterocycles. The van der Waals surface area contributed by atoms with E-state index in [-0.39, 0.29) is 29.7 Å².